The first-order valence-corrected chi connectivity index (χ1v) is 11.9. The van der Waals surface area contributed by atoms with Crippen LogP contribution in [0, 0.1) is 5.82 Å². The maximum atomic E-state index is 13.4. The Kier molecular flexibility index (Phi) is 7.37. The van der Waals surface area contributed by atoms with Gasteiger partial charge in [-0.05, 0) is 36.2 Å². The molecule has 3 N–H and O–H groups in total. The number of rotatable bonds is 5. The number of aromatic nitrogens is 4. The third kappa shape index (κ3) is 4.87. The molecule has 34 heavy (non-hydrogen) atoms. The number of nitrogens with one attached hydrogen (secondary N) is 3. The van der Waals surface area contributed by atoms with Crippen LogP contribution in [0.5, 0.6) is 0 Å². The molecule has 1 aliphatic rings. The predicted octanol–water partition coefficient (Wildman–Crippen LogP) is 5.46. The van der Waals surface area contributed by atoms with Gasteiger partial charge in [-0.25, -0.2) is 19.3 Å². The van der Waals surface area contributed by atoms with E-state index in [1.807, 2.05) is 32.3 Å². The van der Waals surface area contributed by atoms with Gasteiger partial charge in [0.2, 0.25) is 0 Å². The molecule has 0 atom stereocenters. The van der Waals surface area contributed by atoms with Crippen molar-refractivity contribution in [2.75, 3.05) is 36.4 Å². The van der Waals surface area contributed by atoms with E-state index >= 15 is 0 Å². The van der Waals surface area contributed by atoms with Gasteiger partial charge >= 0.3 is 0 Å². The second-order valence-corrected chi connectivity index (χ2v) is 8.28. The molecule has 4 aromatic rings. The zero-order chi connectivity index (χ0) is 24.1. The number of aromatic amines is 1. The van der Waals surface area contributed by atoms with Gasteiger partial charge in [0, 0.05) is 55.9 Å². The van der Waals surface area contributed by atoms with Crippen molar-refractivity contribution in [3.05, 3.63) is 60.3 Å². The summed E-state index contributed by atoms with van der Waals surface area (Å²) in [6.07, 6.45) is 5.67. The van der Waals surface area contributed by atoms with Gasteiger partial charge in [-0.15, -0.1) is 0 Å². The van der Waals surface area contributed by atoms with Crippen molar-refractivity contribution in [2.24, 2.45) is 0 Å². The van der Waals surface area contributed by atoms with Gasteiger partial charge in [-0.3, -0.25) is 0 Å². The van der Waals surface area contributed by atoms with Gasteiger partial charge < -0.3 is 20.5 Å². The van der Waals surface area contributed by atoms with Crippen LogP contribution in [-0.4, -0.2) is 46.1 Å². The number of piperazine rings is 1. The second kappa shape index (κ2) is 10.6. The SMILES string of the molecule is CC.CC(C)c1cnc(-c2ccc(F)cc2)nc1Nc1ccnc2[nH]cc(N3CCNCC3)c12. The summed E-state index contributed by atoms with van der Waals surface area (Å²) in [5.41, 5.74) is 4.70. The van der Waals surface area contributed by atoms with Gasteiger partial charge in [0.1, 0.15) is 17.3 Å². The summed E-state index contributed by atoms with van der Waals surface area (Å²) in [7, 11) is 0. The first-order chi connectivity index (χ1) is 16.6. The molecule has 0 unspecified atom stereocenters. The molecule has 0 amide bonds. The summed E-state index contributed by atoms with van der Waals surface area (Å²) >= 11 is 0. The maximum absolute atomic E-state index is 13.4. The van der Waals surface area contributed by atoms with Gasteiger partial charge in [-0.2, -0.15) is 0 Å². The summed E-state index contributed by atoms with van der Waals surface area (Å²) in [6.45, 7) is 12.0. The monoisotopic (exact) mass is 461 g/mol. The zero-order valence-electron chi connectivity index (χ0n) is 20.2. The zero-order valence-corrected chi connectivity index (χ0v) is 20.2. The number of H-pyrrole nitrogens is 1. The summed E-state index contributed by atoms with van der Waals surface area (Å²) in [5.74, 6) is 1.25. The van der Waals surface area contributed by atoms with E-state index in [0.717, 1.165) is 65.5 Å². The van der Waals surface area contributed by atoms with E-state index in [1.54, 1.807) is 18.3 Å². The van der Waals surface area contributed by atoms with Crippen LogP contribution in [0.3, 0.4) is 0 Å². The molecular formula is C26H32FN7. The Morgan fingerprint density at radius 2 is 1.76 bits per heavy atom. The largest absolute Gasteiger partial charge is 0.367 e. The highest BCUT2D eigenvalue weighted by Gasteiger charge is 2.19. The van der Waals surface area contributed by atoms with Crippen LogP contribution in [0.15, 0.2) is 48.9 Å². The van der Waals surface area contributed by atoms with Gasteiger partial charge in [0.15, 0.2) is 5.82 Å². The van der Waals surface area contributed by atoms with Crippen LogP contribution in [-0.2, 0) is 0 Å². The summed E-state index contributed by atoms with van der Waals surface area (Å²) in [6, 6.07) is 8.22. The molecule has 7 nitrogen and oxygen atoms in total. The Morgan fingerprint density at radius 1 is 1.03 bits per heavy atom. The second-order valence-electron chi connectivity index (χ2n) is 8.28. The van der Waals surface area contributed by atoms with Crippen LogP contribution in [0.25, 0.3) is 22.4 Å². The molecule has 4 heterocycles. The van der Waals surface area contributed by atoms with E-state index in [2.05, 4.69) is 44.3 Å². The van der Waals surface area contributed by atoms with Crippen molar-refractivity contribution >= 4 is 28.2 Å². The number of pyridine rings is 1. The van der Waals surface area contributed by atoms with E-state index in [0.29, 0.717) is 5.82 Å². The van der Waals surface area contributed by atoms with Crippen LogP contribution < -0.4 is 15.5 Å². The molecule has 0 radical (unpaired) electrons. The normalized spacial score (nSPS) is 13.6. The van der Waals surface area contributed by atoms with Crippen LogP contribution in [0.4, 0.5) is 21.6 Å². The van der Waals surface area contributed by atoms with E-state index < -0.39 is 0 Å². The highest BCUT2D eigenvalue weighted by Crippen LogP contribution is 2.35. The van der Waals surface area contributed by atoms with E-state index in [4.69, 9.17) is 4.98 Å². The molecule has 3 aromatic heterocycles. The highest BCUT2D eigenvalue weighted by molar-refractivity contribution is 6.01. The van der Waals surface area contributed by atoms with Crippen molar-refractivity contribution < 1.29 is 4.39 Å². The van der Waals surface area contributed by atoms with Gasteiger partial charge in [0.25, 0.3) is 0 Å². The first-order valence-electron chi connectivity index (χ1n) is 11.9. The third-order valence-electron chi connectivity index (χ3n) is 5.80. The van der Waals surface area contributed by atoms with E-state index in [1.165, 1.54) is 12.1 Å². The fourth-order valence-electron chi connectivity index (χ4n) is 4.08. The number of fused-ring (bicyclic) bond motifs is 1. The third-order valence-corrected chi connectivity index (χ3v) is 5.80. The number of benzene rings is 1. The molecular weight excluding hydrogens is 429 g/mol. The molecule has 1 saturated heterocycles. The molecule has 1 aliphatic heterocycles. The average molecular weight is 462 g/mol. The standard InChI is InChI=1S/C24H26FN7.C2H6/c1-15(2)18-13-28-22(16-3-5-17(25)6-4-16)31-23(18)30-19-7-8-27-24-21(19)20(14-29-24)32-11-9-26-10-12-32;1-2/h3-8,13-15,26H,9-12H2,1-2H3,(H2,27,28,29,30,31);1-2H3. The van der Waals surface area contributed by atoms with Crippen molar-refractivity contribution in [3.63, 3.8) is 0 Å². The van der Waals surface area contributed by atoms with Gasteiger partial charge in [0.05, 0.1) is 16.8 Å². The molecule has 0 saturated carbocycles. The number of hydrogen-bond acceptors (Lipinski definition) is 6. The molecule has 0 bridgehead atoms. The minimum atomic E-state index is -0.280. The lowest BCUT2D eigenvalue weighted by atomic mass is 10.1. The molecule has 8 heteroatoms. The summed E-state index contributed by atoms with van der Waals surface area (Å²) in [5, 5.41) is 8.00. The van der Waals surface area contributed by atoms with Crippen molar-refractivity contribution in [2.45, 2.75) is 33.6 Å². The van der Waals surface area contributed by atoms with Crippen molar-refractivity contribution in [1.29, 1.82) is 0 Å². The van der Waals surface area contributed by atoms with Crippen LogP contribution >= 0.6 is 0 Å². The van der Waals surface area contributed by atoms with E-state index in [9.17, 15) is 4.39 Å². The highest BCUT2D eigenvalue weighted by atomic mass is 19.1. The molecule has 1 aromatic carbocycles. The number of halogens is 1. The topological polar surface area (TPSA) is 81.8 Å². The minimum Gasteiger partial charge on any atom is -0.367 e. The fourth-order valence-corrected chi connectivity index (χ4v) is 4.08. The fraction of sp³-hybridized carbons (Fsp3) is 0.346. The number of hydrogen-bond donors (Lipinski definition) is 3. The molecule has 178 valence electrons. The summed E-state index contributed by atoms with van der Waals surface area (Å²) in [4.78, 5) is 19.6. The van der Waals surface area contributed by atoms with E-state index in [-0.39, 0.29) is 11.7 Å². The quantitative estimate of drug-likeness (QED) is 0.366. The smallest absolute Gasteiger partial charge is 0.161 e. The number of nitrogens with zero attached hydrogens (tertiary/aromatic N) is 4. The van der Waals surface area contributed by atoms with Crippen LogP contribution in [0.1, 0.15) is 39.2 Å². The Balaban J connectivity index is 0.00000133. The first kappa shape index (κ1) is 23.6. The Hall–Kier alpha value is -3.52. The Labute approximate surface area is 199 Å². The van der Waals surface area contributed by atoms with Crippen molar-refractivity contribution in [3.8, 4) is 11.4 Å². The minimum absolute atomic E-state index is 0.232. The predicted molar refractivity (Wildman–Crippen MR) is 137 cm³/mol. The molecule has 1 fully saturated rings. The lowest BCUT2D eigenvalue weighted by molar-refractivity contribution is 0.590. The van der Waals surface area contributed by atoms with Crippen LogP contribution in [0.2, 0.25) is 0 Å². The maximum Gasteiger partial charge on any atom is 0.161 e. The Bertz CT molecular complexity index is 1230. The van der Waals surface area contributed by atoms with Gasteiger partial charge in [-0.1, -0.05) is 27.7 Å². The lowest BCUT2D eigenvalue weighted by Crippen LogP contribution is -2.43. The molecule has 5 rings (SSSR count). The summed E-state index contributed by atoms with van der Waals surface area (Å²) < 4.78 is 13.4. The molecule has 0 spiro atoms. The number of anilines is 3. The van der Waals surface area contributed by atoms with Crippen molar-refractivity contribution in [1.82, 2.24) is 25.3 Å². The molecule has 0 aliphatic carbocycles. The average Bonchev–Trinajstić information content (AvgIpc) is 3.31. The Morgan fingerprint density at radius 3 is 2.47 bits per heavy atom. The lowest BCUT2D eigenvalue weighted by Gasteiger charge is -2.29.